The minimum atomic E-state index is -0.0825. The van der Waals surface area contributed by atoms with Gasteiger partial charge in [-0.25, -0.2) is 4.79 Å². The van der Waals surface area contributed by atoms with Gasteiger partial charge in [0.2, 0.25) is 0 Å². The number of nitrogens with zero attached hydrogens (tertiary/aromatic N) is 4. The van der Waals surface area contributed by atoms with Gasteiger partial charge < -0.3 is 9.30 Å². The molecule has 0 amide bonds. The van der Waals surface area contributed by atoms with Gasteiger partial charge in [0.15, 0.2) is 0 Å². The molecule has 1 aromatic carbocycles. The molecule has 0 aliphatic heterocycles. The third-order valence-corrected chi connectivity index (χ3v) is 5.67. The first-order valence-corrected chi connectivity index (χ1v) is 10.4. The molecule has 0 saturated carbocycles. The highest BCUT2D eigenvalue weighted by atomic mass is 16.5. The number of pyridine rings is 1. The molecular weight excluding hydrogens is 402 g/mol. The van der Waals surface area contributed by atoms with Gasteiger partial charge in [-0.3, -0.25) is 14.6 Å². The standard InChI is InChI=1S/C25H23N5O2/c1-29-16-24(30(25(29)31)15-17-6-8-21(32-2)9-7-17)23-13-19(10-11-26-23)18-4-3-5-22-20(12-18)14-27-28-22/h4-14,16,28H,3,15H2,1-2H3. The molecule has 0 spiro atoms. The Hall–Kier alpha value is -4.13. The topological polar surface area (TPSA) is 77.7 Å². The molecule has 0 unspecified atom stereocenters. The van der Waals surface area contributed by atoms with E-state index in [0.717, 1.165) is 50.8 Å². The van der Waals surface area contributed by atoms with Crippen LogP contribution in [0.15, 0.2) is 65.9 Å². The summed E-state index contributed by atoms with van der Waals surface area (Å²) in [6, 6.07) is 11.8. The average molecular weight is 425 g/mol. The SMILES string of the molecule is COc1ccc(Cn2c(-c3cc(C4=CCC=c5[nH]ncc5=C4)ccn3)cn(C)c2=O)cc1. The van der Waals surface area contributed by atoms with Crippen molar-refractivity contribution in [1.29, 1.82) is 0 Å². The maximum absolute atomic E-state index is 12.9. The van der Waals surface area contributed by atoms with Crippen molar-refractivity contribution in [2.45, 2.75) is 13.0 Å². The number of aromatic amines is 1. The van der Waals surface area contributed by atoms with E-state index >= 15 is 0 Å². The van der Waals surface area contributed by atoms with E-state index in [4.69, 9.17) is 4.74 Å². The van der Waals surface area contributed by atoms with Crippen LogP contribution in [0.25, 0.3) is 29.1 Å². The number of benzene rings is 1. The largest absolute Gasteiger partial charge is 0.497 e. The number of methoxy groups -OCH3 is 1. The summed E-state index contributed by atoms with van der Waals surface area (Å²) in [6.45, 7) is 0.451. The van der Waals surface area contributed by atoms with Gasteiger partial charge in [-0.1, -0.05) is 24.3 Å². The first kappa shape index (κ1) is 19.8. The van der Waals surface area contributed by atoms with Crippen LogP contribution in [0.1, 0.15) is 17.5 Å². The summed E-state index contributed by atoms with van der Waals surface area (Å²) in [5.74, 6) is 0.787. The van der Waals surface area contributed by atoms with Crippen LogP contribution in [0, 0.1) is 0 Å². The summed E-state index contributed by atoms with van der Waals surface area (Å²) in [5.41, 5.74) is 4.61. The highest BCUT2D eigenvalue weighted by Crippen LogP contribution is 2.24. The Bertz CT molecular complexity index is 1490. The van der Waals surface area contributed by atoms with Crippen LogP contribution >= 0.6 is 0 Å². The molecule has 0 radical (unpaired) electrons. The van der Waals surface area contributed by atoms with Crippen molar-refractivity contribution in [3.63, 3.8) is 0 Å². The summed E-state index contributed by atoms with van der Waals surface area (Å²) in [7, 11) is 3.40. The molecule has 3 heterocycles. The summed E-state index contributed by atoms with van der Waals surface area (Å²) in [6.07, 6.45) is 12.7. The molecule has 0 bridgehead atoms. The lowest BCUT2D eigenvalue weighted by atomic mass is 10.0. The van der Waals surface area contributed by atoms with Crippen molar-refractivity contribution in [2.75, 3.05) is 7.11 Å². The van der Waals surface area contributed by atoms with Gasteiger partial charge in [-0.15, -0.1) is 0 Å². The molecule has 7 nitrogen and oxygen atoms in total. The monoisotopic (exact) mass is 425 g/mol. The van der Waals surface area contributed by atoms with E-state index in [0.29, 0.717) is 6.54 Å². The molecule has 32 heavy (non-hydrogen) atoms. The Morgan fingerprint density at radius 1 is 1.16 bits per heavy atom. The number of nitrogens with one attached hydrogen (secondary N) is 1. The predicted octanol–water partition coefficient (Wildman–Crippen LogP) is 2.08. The Morgan fingerprint density at radius 2 is 2.00 bits per heavy atom. The Labute approximate surface area is 184 Å². The predicted molar refractivity (Wildman–Crippen MR) is 124 cm³/mol. The second kappa shape index (κ2) is 8.19. The Balaban J connectivity index is 1.54. The molecule has 1 aliphatic rings. The van der Waals surface area contributed by atoms with Crippen LogP contribution in [0.4, 0.5) is 0 Å². The lowest BCUT2D eigenvalue weighted by molar-refractivity contribution is 0.414. The number of rotatable bonds is 5. The molecule has 0 atom stereocenters. The molecule has 4 aromatic rings. The van der Waals surface area contributed by atoms with Crippen molar-refractivity contribution in [1.82, 2.24) is 24.3 Å². The average Bonchev–Trinajstić information content (AvgIpc) is 3.31. The lowest BCUT2D eigenvalue weighted by Gasteiger charge is -2.09. The fraction of sp³-hybridized carbons (Fsp3) is 0.160. The number of aryl methyl sites for hydroxylation is 1. The first-order chi connectivity index (χ1) is 15.6. The number of H-pyrrole nitrogens is 1. The van der Waals surface area contributed by atoms with Gasteiger partial charge in [0.1, 0.15) is 5.75 Å². The highest BCUT2D eigenvalue weighted by Gasteiger charge is 2.14. The minimum Gasteiger partial charge on any atom is -0.497 e. The van der Waals surface area contributed by atoms with Crippen LogP contribution in [-0.2, 0) is 13.6 Å². The van der Waals surface area contributed by atoms with Gasteiger partial charge in [0.05, 0.1) is 36.6 Å². The van der Waals surface area contributed by atoms with Gasteiger partial charge in [-0.2, -0.15) is 5.10 Å². The first-order valence-electron chi connectivity index (χ1n) is 10.4. The van der Waals surface area contributed by atoms with E-state index in [1.54, 1.807) is 29.5 Å². The maximum atomic E-state index is 12.9. The number of allylic oxidation sites excluding steroid dienone is 2. The van der Waals surface area contributed by atoms with E-state index in [-0.39, 0.29) is 5.69 Å². The van der Waals surface area contributed by atoms with Crippen molar-refractivity contribution in [2.24, 2.45) is 7.05 Å². The molecule has 0 fully saturated rings. The maximum Gasteiger partial charge on any atom is 0.328 e. The zero-order valence-corrected chi connectivity index (χ0v) is 17.9. The Kier molecular flexibility index (Phi) is 5.07. The zero-order valence-electron chi connectivity index (χ0n) is 17.9. The second-order valence-electron chi connectivity index (χ2n) is 7.75. The number of fused-ring (bicyclic) bond motifs is 1. The van der Waals surface area contributed by atoms with E-state index in [1.807, 2.05) is 48.8 Å². The summed E-state index contributed by atoms with van der Waals surface area (Å²) < 4.78 is 8.58. The van der Waals surface area contributed by atoms with E-state index in [2.05, 4.69) is 33.4 Å². The van der Waals surface area contributed by atoms with Crippen molar-refractivity contribution >= 4 is 17.7 Å². The van der Waals surface area contributed by atoms with Crippen molar-refractivity contribution in [3.8, 4) is 17.1 Å². The quantitative estimate of drug-likeness (QED) is 0.531. The Morgan fingerprint density at radius 3 is 2.81 bits per heavy atom. The van der Waals surface area contributed by atoms with E-state index in [9.17, 15) is 4.79 Å². The third kappa shape index (κ3) is 3.69. The van der Waals surface area contributed by atoms with Crippen LogP contribution < -0.4 is 21.0 Å². The van der Waals surface area contributed by atoms with Crippen LogP contribution in [0.5, 0.6) is 5.75 Å². The highest BCUT2D eigenvalue weighted by molar-refractivity contribution is 5.89. The second-order valence-corrected chi connectivity index (χ2v) is 7.75. The van der Waals surface area contributed by atoms with Crippen molar-refractivity contribution in [3.05, 3.63) is 93.2 Å². The molecule has 0 saturated heterocycles. The number of aromatic nitrogens is 5. The number of hydrogen-bond acceptors (Lipinski definition) is 4. The third-order valence-electron chi connectivity index (χ3n) is 5.67. The molecule has 1 N–H and O–H groups in total. The molecule has 3 aromatic heterocycles. The summed E-state index contributed by atoms with van der Waals surface area (Å²) >= 11 is 0. The lowest BCUT2D eigenvalue weighted by Crippen LogP contribution is -2.23. The van der Waals surface area contributed by atoms with Gasteiger partial charge in [-0.05, 0) is 53.5 Å². The van der Waals surface area contributed by atoms with Crippen LogP contribution in [0.2, 0.25) is 0 Å². The van der Waals surface area contributed by atoms with E-state index in [1.165, 1.54) is 0 Å². The fourth-order valence-electron chi connectivity index (χ4n) is 3.94. The molecule has 7 heteroatoms. The molecule has 1 aliphatic carbocycles. The van der Waals surface area contributed by atoms with Crippen molar-refractivity contribution < 1.29 is 4.74 Å². The smallest absolute Gasteiger partial charge is 0.328 e. The van der Waals surface area contributed by atoms with Gasteiger partial charge in [0.25, 0.3) is 0 Å². The normalized spacial score (nSPS) is 12.9. The minimum absolute atomic E-state index is 0.0825. The zero-order chi connectivity index (χ0) is 22.1. The van der Waals surface area contributed by atoms with E-state index < -0.39 is 0 Å². The number of hydrogen-bond donors (Lipinski definition) is 1. The molecular formula is C25H23N5O2. The fourth-order valence-corrected chi connectivity index (χ4v) is 3.94. The van der Waals surface area contributed by atoms with Gasteiger partial charge in [0, 0.05) is 24.7 Å². The van der Waals surface area contributed by atoms with Crippen LogP contribution in [-0.4, -0.2) is 31.4 Å². The number of ether oxygens (including phenoxy) is 1. The summed E-state index contributed by atoms with van der Waals surface area (Å²) in [5, 5.41) is 9.25. The number of imidazole rings is 1. The molecule has 160 valence electrons. The van der Waals surface area contributed by atoms with Crippen LogP contribution in [0.3, 0.4) is 0 Å². The molecule has 5 rings (SSSR count). The van der Waals surface area contributed by atoms with Gasteiger partial charge >= 0.3 is 5.69 Å². The summed E-state index contributed by atoms with van der Waals surface area (Å²) in [4.78, 5) is 17.5.